The summed E-state index contributed by atoms with van der Waals surface area (Å²) in [5.74, 6) is -2.09. The molecular formula is C30H24N2O6S. The highest BCUT2D eigenvalue weighted by atomic mass is 32.1. The van der Waals surface area contributed by atoms with Gasteiger partial charge in [0.1, 0.15) is 23.0 Å². The van der Waals surface area contributed by atoms with Gasteiger partial charge in [0.15, 0.2) is 0 Å². The van der Waals surface area contributed by atoms with Crippen molar-refractivity contribution in [2.45, 2.75) is 12.1 Å². The number of carbonyl (C=O) groups excluding carboxylic acids is 4. The predicted octanol–water partition coefficient (Wildman–Crippen LogP) is 4.72. The summed E-state index contributed by atoms with van der Waals surface area (Å²) in [6.45, 7) is -0.267. The van der Waals surface area contributed by atoms with Crippen molar-refractivity contribution in [1.29, 1.82) is 0 Å². The first kappa shape index (κ1) is 25.9. The molecule has 39 heavy (non-hydrogen) atoms. The Balaban J connectivity index is 1.49. The molecule has 9 heteroatoms. The molecule has 2 atom stereocenters. The maximum atomic E-state index is 13.2. The van der Waals surface area contributed by atoms with E-state index in [-0.39, 0.29) is 34.1 Å². The number of benzene rings is 3. The zero-order valence-corrected chi connectivity index (χ0v) is 21.5. The largest absolute Gasteiger partial charge is 0.459 e. The average Bonchev–Trinajstić information content (AvgIpc) is 3.48. The minimum atomic E-state index is -0.647. The maximum absolute atomic E-state index is 13.2. The number of rotatable bonds is 2. The zero-order valence-electron chi connectivity index (χ0n) is 20.7. The Morgan fingerprint density at radius 2 is 1.00 bits per heavy atom. The van der Waals surface area contributed by atoms with Gasteiger partial charge in [0.05, 0.1) is 12.1 Å². The maximum Gasteiger partial charge on any atom is 0.348 e. The summed E-state index contributed by atoms with van der Waals surface area (Å²) in [5.41, 5.74) is 2.01. The lowest BCUT2D eigenvalue weighted by molar-refractivity contribution is 0.0458. The van der Waals surface area contributed by atoms with Gasteiger partial charge in [0.25, 0.3) is 11.8 Å². The summed E-state index contributed by atoms with van der Waals surface area (Å²) in [7, 11) is 0. The summed E-state index contributed by atoms with van der Waals surface area (Å²) in [6, 6.07) is 26.2. The van der Waals surface area contributed by atoms with E-state index in [4.69, 9.17) is 9.47 Å². The number of hydrogen-bond acceptors (Lipinski definition) is 7. The number of nitrogens with one attached hydrogen (secondary N) is 2. The number of cyclic esters (lactones) is 2. The Morgan fingerprint density at radius 1 is 0.564 bits per heavy atom. The number of esters is 2. The van der Waals surface area contributed by atoms with Gasteiger partial charge in [-0.25, -0.2) is 9.59 Å². The van der Waals surface area contributed by atoms with Crippen molar-refractivity contribution < 1.29 is 28.7 Å². The van der Waals surface area contributed by atoms with Crippen LogP contribution in [-0.4, -0.2) is 37.0 Å². The molecule has 3 aromatic carbocycles. The van der Waals surface area contributed by atoms with Crippen LogP contribution in [0.3, 0.4) is 0 Å². The fraction of sp³-hybridized carbons (Fsp3) is 0.133. The lowest BCUT2D eigenvalue weighted by atomic mass is 10.0. The zero-order chi connectivity index (χ0) is 27.2. The SMILES string of the molecule is O=C1N[C@H](c2ccccc2)COC(=O)c2ccc(s2)C(=O)OC[C@H](c2ccccc2)NC(=O)c2cccc1c2. The molecule has 2 amide bonds. The van der Waals surface area contributed by atoms with E-state index in [9.17, 15) is 19.2 Å². The van der Waals surface area contributed by atoms with Crippen molar-refractivity contribution in [3.8, 4) is 0 Å². The second-order valence-electron chi connectivity index (χ2n) is 8.82. The number of carbonyl (C=O) groups is 4. The third-order valence-corrected chi connectivity index (χ3v) is 7.22. The molecule has 0 spiro atoms. The topological polar surface area (TPSA) is 111 Å². The van der Waals surface area contributed by atoms with Gasteiger partial charge in [-0.15, -0.1) is 11.3 Å². The van der Waals surface area contributed by atoms with Gasteiger partial charge in [-0.3, -0.25) is 9.59 Å². The molecule has 1 aromatic heterocycles. The highest BCUT2D eigenvalue weighted by Gasteiger charge is 2.24. The molecule has 0 radical (unpaired) electrons. The standard InChI is InChI=1S/C30H24N2O6S/c33-27-21-12-7-13-22(16-21)28(34)32-24(20-10-5-2-6-11-20)18-38-30(36)26-15-14-25(39-26)29(35)37-17-23(31-27)19-8-3-1-4-9-19/h1-16,23-24H,17-18H2,(H,31,33)(H,32,34)/t23-,24+. The fourth-order valence-electron chi connectivity index (χ4n) is 4.12. The van der Waals surface area contributed by atoms with Gasteiger partial charge in [-0.1, -0.05) is 66.7 Å². The third-order valence-electron chi connectivity index (χ3n) is 6.17. The van der Waals surface area contributed by atoms with Gasteiger partial charge >= 0.3 is 11.9 Å². The van der Waals surface area contributed by atoms with Crippen LogP contribution in [0.4, 0.5) is 0 Å². The fourth-order valence-corrected chi connectivity index (χ4v) is 4.91. The van der Waals surface area contributed by atoms with Crippen molar-refractivity contribution in [1.82, 2.24) is 10.6 Å². The minimum Gasteiger partial charge on any atom is -0.459 e. The molecule has 2 N–H and O–H groups in total. The molecule has 4 aromatic rings. The Morgan fingerprint density at radius 3 is 1.44 bits per heavy atom. The van der Waals surface area contributed by atoms with E-state index < -0.39 is 35.8 Å². The van der Waals surface area contributed by atoms with Crippen molar-refractivity contribution in [3.63, 3.8) is 0 Å². The molecule has 4 bridgehead atoms. The van der Waals surface area contributed by atoms with Crippen LogP contribution in [-0.2, 0) is 9.47 Å². The first-order chi connectivity index (χ1) is 19.0. The van der Waals surface area contributed by atoms with Gasteiger partial charge in [0, 0.05) is 11.1 Å². The van der Waals surface area contributed by atoms with Crippen LogP contribution < -0.4 is 10.6 Å². The van der Waals surface area contributed by atoms with E-state index in [2.05, 4.69) is 10.6 Å². The predicted molar refractivity (Wildman–Crippen MR) is 145 cm³/mol. The molecule has 1 aliphatic rings. The lowest BCUT2D eigenvalue weighted by Crippen LogP contribution is -2.33. The molecule has 0 unspecified atom stereocenters. The first-order valence-electron chi connectivity index (χ1n) is 12.2. The van der Waals surface area contributed by atoms with Crippen LogP contribution in [0, 0.1) is 0 Å². The molecule has 196 valence electrons. The number of hydrogen-bond donors (Lipinski definition) is 2. The third kappa shape index (κ3) is 6.22. The van der Waals surface area contributed by atoms with E-state index >= 15 is 0 Å². The van der Waals surface area contributed by atoms with E-state index in [1.165, 1.54) is 18.2 Å². The number of amides is 2. The molecule has 5 rings (SSSR count). The molecule has 0 saturated carbocycles. The van der Waals surface area contributed by atoms with Gasteiger partial charge in [-0.2, -0.15) is 0 Å². The smallest absolute Gasteiger partial charge is 0.348 e. The number of ether oxygens (including phenoxy) is 2. The normalized spacial score (nSPS) is 18.6. The summed E-state index contributed by atoms with van der Waals surface area (Å²) >= 11 is 0.950. The molecule has 8 nitrogen and oxygen atoms in total. The van der Waals surface area contributed by atoms with E-state index in [1.807, 2.05) is 60.7 Å². The Bertz CT molecular complexity index is 1390. The molecule has 2 heterocycles. The van der Waals surface area contributed by atoms with Gasteiger partial charge < -0.3 is 20.1 Å². The van der Waals surface area contributed by atoms with Crippen LogP contribution in [0.25, 0.3) is 0 Å². The van der Waals surface area contributed by atoms with Crippen molar-refractivity contribution >= 4 is 35.1 Å². The average molecular weight is 541 g/mol. The minimum absolute atomic E-state index is 0.134. The number of fused-ring (bicyclic) bond motifs is 4. The summed E-state index contributed by atoms with van der Waals surface area (Å²) in [4.78, 5) is 52.5. The van der Waals surface area contributed by atoms with Crippen molar-refractivity contribution in [2.24, 2.45) is 0 Å². The Labute approximate surface area is 228 Å². The van der Waals surface area contributed by atoms with Crippen molar-refractivity contribution in [3.05, 3.63) is 129 Å². The molecule has 1 aliphatic heterocycles. The Hall–Kier alpha value is -4.76. The monoisotopic (exact) mass is 540 g/mol. The second kappa shape index (κ2) is 11.7. The number of thiophene rings is 1. The summed E-state index contributed by atoms with van der Waals surface area (Å²) in [5, 5.41) is 5.81. The van der Waals surface area contributed by atoms with E-state index in [0.29, 0.717) is 0 Å². The molecule has 0 fully saturated rings. The van der Waals surface area contributed by atoms with Crippen LogP contribution in [0.5, 0.6) is 0 Å². The van der Waals surface area contributed by atoms with Crippen molar-refractivity contribution in [2.75, 3.05) is 13.2 Å². The molecule has 0 aliphatic carbocycles. The van der Waals surface area contributed by atoms with Gasteiger partial charge in [-0.05, 0) is 41.5 Å². The quantitative estimate of drug-likeness (QED) is 0.356. The highest BCUT2D eigenvalue weighted by molar-refractivity contribution is 7.15. The van der Waals surface area contributed by atoms with E-state index in [1.54, 1.807) is 18.2 Å². The van der Waals surface area contributed by atoms with Crippen LogP contribution in [0.2, 0.25) is 0 Å². The van der Waals surface area contributed by atoms with Crippen LogP contribution in [0.15, 0.2) is 97.1 Å². The van der Waals surface area contributed by atoms with Crippen LogP contribution in [0.1, 0.15) is 63.3 Å². The van der Waals surface area contributed by atoms with Crippen LogP contribution >= 0.6 is 11.3 Å². The Kier molecular flexibility index (Phi) is 7.79. The van der Waals surface area contributed by atoms with Gasteiger partial charge in [0.2, 0.25) is 0 Å². The lowest BCUT2D eigenvalue weighted by Gasteiger charge is -2.20. The van der Waals surface area contributed by atoms with E-state index in [0.717, 1.165) is 22.5 Å². The summed E-state index contributed by atoms with van der Waals surface area (Å²) in [6.07, 6.45) is 0. The molecule has 0 saturated heterocycles. The first-order valence-corrected chi connectivity index (χ1v) is 13.1. The highest BCUT2D eigenvalue weighted by Crippen LogP contribution is 2.22. The molecular weight excluding hydrogens is 516 g/mol. The summed E-state index contributed by atoms with van der Waals surface area (Å²) < 4.78 is 11.0. The second-order valence-corrected chi connectivity index (χ2v) is 9.90.